The Kier molecular flexibility index (Phi) is 4.71. The molecule has 0 radical (unpaired) electrons. The smallest absolute Gasteiger partial charge is 0.251 e. The van der Waals surface area contributed by atoms with Crippen molar-refractivity contribution in [1.82, 2.24) is 5.32 Å². The molecular formula is C13H12ClIN2O2. The standard InChI is InChI=1S/C13H12ClIN2O2/c1-16-13(18)8-2-4-10(14)11(6-8)17-7-9-3-5-12(15)19-9/h2-6,17H,7H2,1H3,(H,16,18). The quantitative estimate of drug-likeness (QED) is 0.786. The Morgan fingerprint density at radius 3 is 2.79 bits per heavy atom. The number of furan rings is 1. The first-order valence-corrected chi connectivity index (χ1v) is 7.05. The van der Waals surface area contributed by atoms with Gasteiger partial charge in [-0.25, -0.2) is 0 Å². The minimum absolute atomic E-state index is 0.146. The van der Waals surface area contributed by atoms with Gasteiger partial charge in [0, 0.05) is 12.6 Å². The first kappa shape index (κ1) is 14.2. The van der Waals surface area contributed by atoms with Crippen molar-refractivity contribution in [2.75, 3.05) is 12.4 Å². The number of nitrogens with one attached hydrogen (secondary N) is 2. The number of halogens is 2. The van der Waals surface area contributed by atoms with Crippen LogP contribution in [0.2, 0.25) is 5.02 Å². The molecule has 0 aliphatic carbocycles. The molecule has 0 atom stereocenters. The minimum Gasteiger partial charge on any atom is -0.454 e. The third-order valence-corrected chi connectivity index (χ3v) is 3.45. The summed E-state index contributed by atoms with van der Waals surface area (Å²) in [6, 6.07) is 8.88. The molecule has 6 heteroatoms. The maximum atomic E-state index is 11.6. The molecule has 1 amide bonds. The summed E-state index contributed by atoms with van der Waals surface area (Å²) < 4.78 is 6.28. The summed E-state index contributed by atoms with van der Waals surface area (Å²) in [5.41, 5.74) is 1.26. The lowest BCUT2D eigenvalue weighted by Gasteiger charge is -2.09. The van der Waals surface area contributed by atoms with Crippen molar-refractivity contribution in [2.45, 2.75) is 6.54 Å². The molecule has 1 aromatic carbocycles. The molecular weight excluding hydrogens is 379 g/mol. The van der Waals surface area contributed by atoms with Gasteiger partial charge in [-0.3, -0.25) is 4.79 Å². The highest BCUT2D eigenvalue weighted by molar-refractivity contribution is 14.1. The normalized spacial score (nSPS) is 10.3. The topological polar surface area (TPSA) is 54.3 Å². The Morgan fingerprint density at radius 1 is 1.37 bits per heavy atom. The molecule has 0 unspecified atom stereocenters. The summed E-state index contributed by atoms with van der Waals surface area (Å²) in [5, 5.41) is 6.29. The SMILES string of the molecule is CNC(=O)c1ccc(Cl)c(NCc2ccc(I)o2)c1. The second kappa shape index (κ2) is 6.29. The van der Waals surface area contributed by atoms with Crippen molar-refractivity contribution < 1.29 is 9.21 Å². The van der Waals surface area contributed by atoms with Crippen LogP contribution in [0.1, 0.15) is 16.1 Å². The zero-order valence-electron chi connectivity index (χ0n) is 10.2. The van der Waals surface area contributed by atoms with Gasteiger partial charge in [0.15, 0.2) is 3.77 Å². The van der Waals surface area contributed by atoms with E-state index in [1.807, 2.05) is 12.1 Å². The van der Waals surface area contributed by atoms with E-state index < -0.39 is 0 Å². The number of benzene rings is 1. The molecule has 2 N–H and O–H groups in total. The van der Waals surface area contributed by atoms with Gasteiger partial charge in [-0.1, -0.05) is 11.6 Å². The molecule has 100 valence electrons. The lowest BCUT2D eigenvalue weighted by molar-refractivity contribution is 0.0963. The summed E-state index contributed by atoms with van der Waals surface area (Å²) in [5.74, 6) is 0.665. The molecule has 2 aromatic rings. The summed E-state index contributed by atoms with van der Waals surface area (Å²) in [6.45, 7) is 0.514. The van der Waals surface area contributed by atoms with E-state index in [2.05, 4.69) is 33.2 Å². The van der Waals surface area contributed by atoms with Crippen LogP contribution in [0.15, 0.2) is 34.7 Å². The highest BCUT2D eigenvalue weighted by Crippen LogP contribution is 2.24. The summed E-state index contributed by atoms with van der Waals surface area (Å²) in [7, 11) is 1.59. The fourth-order valence-electron chi connectivity index (χ4n) is 1.58. The van der Waals surface area contributed by atoms with Gasteiger partial charge >= 0.3 is 0 Å². The van der Waals surface area contributed by atoms with Crippen molar-refractivity contribution in [3.63, 3.8) is 0 Å². The molecule has 2 rings (SSSR count). The average molecular weight is 391 g/mol. The molecule has 0 fully saturated rings. The number of hydrogen-bond acceptors (Lipinski definition) is 3. The summed E-state index contributed by atoms with van der Waals surface area (Å²) in [4.78, 5) is 11.6. The third-order valence-electron chi connectivity index (χ3n) is 2.54. The van der Waals surface area contributed by atoms with E-state index in [-0.39, 0.29) is 5.91 Å². The highest BCUT2D eigenvalue weighted by atomic mass is 127. The van der Waals surface area contributed by atoms with Crippen LogP contribution in [0, 0.1) is 3.77 Å². The monoisotopic (exact) mass is 390 g/mol. The van der Waals surface area contributed by atoms with E-state index in [0.717, 1.165) is 9.53 Å². The van der Waals surface area contributed by atoms with E-state index >= 15 is 0 Å². The van der Waals surface area contributed by atoms with Crippen LogP contribution in [0.25, 0.3) is 0 Å². The Balaban J connectivity index is 2.12. The second-order valence-corrected chi connectivity index (χ2v) is 5.30. The molecule has 19 heavy (non-hydrogen) atoms. The van der Waals surface area contributed by atoms with Gasteiger partial charge in [0.25, 0.3) is 5.91 Å². The van der Waals surface area contributed by atoms with Gasteiger partial charge in [-0.2, -0.15) is 0 Å². The van der Waals surface area contributed by atoms with E-state index in [0.29, 0.717) is 22.8 Å². The number of hydrogen-bond donors (Lipinski definition) is 2. The van der Waals surface area contributed by atoms with Crippen LogP contribution < -0.4 is 10.6 Å². The van der Waals surface area contributed by atoms with Crippen LogP contribution in [0.5, 0.6) is 0 Å². The molecule has 0 spiro atoms. The summed E-state index contributed by atoms with van der Waals surface area (Å²) >= 11 is 8.20. The Bertz CT molecular complexity index is 598. The Hall–Kier alpha value is -1.21. The molecule has 0 aliphatic heterocycles. The zero-order chi connectivity index (χ0) is 13.8. The lowest BCUT2D eigenvalue weighted by atomic mass is 10.2. The first-order chi connectivity index (χ1) is 9.10. The molecule has 0 bridgehead atoms. The predicted octanol–water partition coefficient (Wildman–Crippen LogP) is 3.51. The number of amides is 1. The average Bonchev–Trinajstić information content (AvgIpc) is 2.82. The van der Waals surface area contributed by atoms with Gasteiger partial charge < -0.3 is 15.1 Å². The van der Waals surface area contributed by atoms with Gasteiger partial charge in [0.1, 0.15) is 5.76 Å². The van der Waals surface area contributed by atoms with E-state index in [1.54, 1.807) is 25.2 Å². The molecule has 1 heterocycles. The maximum Gasteiger partial charge on any atom is 0.251 e. The van der Waals surface area contributed by atoms with Gasteiger partial charge in [-0.15, -0.1) is 0 Å². The Labute approximate surface area is 129 Å². The van der Waals surface area contributed by atoms with Crippen molar-refractivity contribution in [2.24, 2.45) is 0 Å². The minimum atomic E-state index is -0.146. The van der Waals surface area contributed by atoms with Crippen molar-refractivity contribution >= 4 is 45.8 Å². The van der Waals surface area contributed by atoms with Gasteiger partial charge in [0.2, 0.25) is 0 Å². The maximum absolute atomic E-state index is 11.6. The van der Waals surface area contributed by atoms with Crippen molar-refractivity contribution in [3.05, 3.63) is 50.4 Å². The van der Waals surface area contributed by atoms with Crippen LogP contribution in [-0.4, -0.2) is 13.0 Å². The highest BCUT2D eigenvalue weighted by Gasteiger charge is 2.08. The Morgan fingerprint density at radius 2 is 2.16 bits per heavy atom. The molecule has 4 nitrogen and oxygen atoms in total. The van der Waals surface area contributed by atoms with Gasteiger partial charge in [-0.05, 0) is 52.9 Å². The third kappa shape index (κ3) is 3.63. The number of carbonyl (C=O) groups is 1. The van der Waals surface area contributed by atoms with Gasteiger partial charge in [0.05, 0.1) is 17.3 Å². The molecule has 0 saturated heterocycles. The second-order valence-electron chi connectivity index (χ2n) is 3.83. The largest absolute Gasteiger partial charge is 0.454 e. The van der Waals surface area contributed by atoms with Crippen LogP contribution in [0.3, 0.4) is 0 Å². The molecule has 0 saturated carbocycles. The van der Waals surface area contributed by atoms with E-state index in [1.165, 1.54) is 0 Å². The molecule has 0 aliphatic rings. The number of anilines is 1. The van der Waals surface area contributed by atoms with Crippen LogP contribution in [-0.2, 0) is 6.54 Å². The first-order valence-electron chi connectivity index (χ1n) is 5.60. The zero-order valence-corrected chi connectivity index (χ0v) is 13.1. The van der Waals surface area contributed by atoms with Crippen LogP contribution in [0.4, 0.5) is 5.69 Å². The van der Waals surface area contributed by atoms with E-state index in [9.17, 15) is 4.79 Å². The van der Waals surface area contributed by atoms with Crippen LogP contribution >= 0.6 is 34.2 Å². The number of carbonyl (C=O) groups excluding carboxylic acids is 1. The lowest BCUT2D eigenvalue weighted by Crippen LogP contribution is -2.17. The molecule has 1 aromatic heterocycles. The van der Waals surface area contributed by atoms with E-state index in [4.69, 9.17) is 16.0 Å². The number of rotatable bonds is 4. The summed E-state index contributed by atoms with van der Waals surface area (Å²) in [6.07, 6.45) is 0. The predicted molar refractivity (Wildman–Crippen MR) is 83.6 cm³/mol. The van der Waals surface area contributed by atoms with Crippen molar-refractivity contribution in [1.29, 1.82) is 0 Å². The fraction of sp³-hybridized carbons (Fsp3) is 0.154. The fourth-order valence-corrected chi connectivity index (χ4v) is 2.22. The van der Waals surface area contributed by atoms with Crippen molar-refractivity contribution in [3.8, 4) is 0 Å².